The normalized spacial score (nSPS) is 16.5. The van der Waals surface area contributed by atoms with Gasteiger partial charge in [-0.2, -0.15) is 0 Å². The van der Waals surface area contributed by atoms with E-state index in [1.54, 1.807) is 36.9 Å². The van der Waals surface area contributed by atoms with Crippen molar-refractivity contribution in [3.05, 3.63) is 57.5 Å². The van der Waals surface area contributed by atoms with Crippen molar-refractivity contribution in [2.24, 2.45) is 0 Å². The van der Waals surface area contributed by atoms with Crippen molar-refractivity contribution >= 4 is 17.3 Å². The van der Waals surface area contributed by atoms with E-state index in [1.807, 2.05) is 0 Å². The Hall–Kier alpha value is -2.91. The van der Waals surface area contributed by atoms with Crippen molar-refractivity contribution in [3.8, 4) is 0 Å². The van der Waals surface area contributed by atoms with Crippen LogP contribution in [0.1, 0.15) is 28.8 Å². The number of nitro groups is 1. The molecule has 0 spiro atoms. The van der Waals surface area contributed by atoms with E-state index < -0.39 is 10.5 Å². The number of amides is 1. The molecule has 1 unspecified atom stereocenters. The maximum absolute atomic E-state index is 12.6. The average Bonchev–Trinajstić information content (AvgIpc) is 3.13. The Balaban J connectivity index is 1.77. The highest BCUT2D eigenvalue weighted by Gasteiger charge is 2.28. The monoisotopic (exact) mass is 389 g/mol. The SMILES string of the molecule is Cc1ccc(C(C)(O)CNc2ccc(C(=O)N3CCOCC3)cc2[N+](=O)[O-])o1. The predicted octanol–water partition coefficient (Wildman–Crippen LogP) is 2.29. The van der Waals surface area contributed by atoms with Crippen LogP contribution < -0.4 is 5.32 Å². The molecule has 2 heterocycles. The summed E-state index contributed by atoms with van der Waals surface area (Å²) in [5.41, 5.74) is -1.13. The number of ether oxygens (including phenoxy) is 1. The molecule has 0 radical (unpaired) electrons. The lowest BCUT2D eigenvalue weighted by Gasteiger charge is -2.27. The lowest BCUT2D eigenvalue weighted by Crippen LogP contribution is -2.40. The van der Waals surface area contributed by atoms with E-state index in [4.69, 9.17) is 9.15 Å². The molecule has 150 valence electrons. The summed E-state index contributed by atoms with van der Waals surface area (Å²) in [6, 6.07) is 7.67. The van der Waals surface area contributed by atoms with Crippen LogP contribution in [0, 0.1) is 17.0 Å². The molecule has 0 aliphatic carbocycles. The quantitative estimate of drug-likeness (QED) is 0.575. The molecule has 0 bridgehead atoms. The van der Waals surface area contributed by atoms with Gasteiger partial charge in [0.25, 0.3) is 11.6 Å². The number of aliphatic hydroxyl groups is 1. The smallest absolute Gasteiger partial charge is 0.293 e. The number of anilines is 1. The highest BCUT2D eigenvalue weighted by molar-refractivity contribution is 5.95. The summed E-state index contributed by atoms with van der Waals surface area (Å²) < 4.78 is 10.7. The van der Waals surface area contributed by atoms with Gasteiger partial charge in [-0.05, 0) is 38.1 Å². The van der Waals surface area contributed by atoms with E-state index in [9.17, 15) is 20.0 Å². The van der Waals surface area contributed by atoms with Crippen molar-refractivity contribution in [1.29, 1.82) is 0 Å². The molecular formula is C19H23N3O6. The summed E-state index contributed by atoms with van der Waals surface area (Å²) in [5, 5.41) is 25.0. The lowest BCUT2D eigenvalue weighted by atomic mass is 10.0. The summed E-state index contributed by atoms with van der Waals surface area (Å²) in [5.74, 6) is 0.752. The van der Waals surface area contributed by atoms with Gasteiger partial charge in [0.15, 0.2) is 0 Å². The molecule has 3 rings (SSSR count). The summed E-state index contributed by atoms with van der Waals surface area (Å²) in [7, 11) is 0. The number of hydrogen-bond acceptors (Lipinski definition) is 7. The zero-order chi connectivity index (χ0) is 20.3. The largest absolute Gasteiger partial charge is 0.463 e. The van der Waals surface area contributed by atoms with Gasteiger partial charge in [-0.25, -0.2) is 0 Å². The van der Waals surface area contributed by atoms with Gasteiger partial charge in [-0.1, -0.05) is 0 Å². The zero-order valence-corrected chi connectivity index (χ0v) is 15.8. The molecule has 9 heteroatoms. The molecule has 9 nitrogen and oxygen atoms in total. The average molecular weight is 389 g/mol. The van der Waals surface area contributed by atoms with Gasteiger partial charge in [-0.3, -0.25) is 14.9 Å². The number of nitrogens with one attached hydrogen (secondary N) is 1. The Labute approximate surface area is 162 Å². The van der Waals surface area contributed by atoms with E-state index in [2.05, 4.69) is 5.32 Å². The van der Waals surface area contributed by atoms with Crippen LogP contribution >= 0.6 is 0 Å². The predicted molar refractivity (Wildman–Crippen MR) is 101 cm³/mol. The lowest BCUT2D eigenvalue weighted by molar-refractivity contribution is -0.384. The number of furan rings is 1. The van der Waals surface area contributed by atoms with Crippen LogP contribution in [0.15, 0.2) is 34.7 Å². The Kier molecular flexibility index (Phi) is 5.66. The topological polar surface area (TPSA) is 118 Å². The van der Waals surface area contributed by atoms with Crippen LogP contribution in [0.25, 0.3) is 0 Å². The molecule has 1 aromatic carbocycles. The molecule has 1 aromatic heterocycles. The van der Waals surface area contributed by atoms with Crippen molar-refractivity contribution in [2.75, 3.05) is 38.2 Å². The number of carbonyl (C=O) groups is 1. The third-order valence-corrected chi connectivity index (χ3v) is 4.63. The first kappa shape index (κ1) is 19.8. The fraction of sp³-hybridized carbons (Fsp3) is 0.421. The van der Waals surface area contributed by atoms with Crippen molar-refractivity contribution < 1.29 is 24.0 Å². The van der Waals surface area contributed by atoms with E-state index in [0.717, 1.165) is 0 Å². The maximum Gasteiger partial charge on any atom is 0.293 e. The summed E-state index contributed by atoms with van der Waals surface area (Å²) in [6.07, 6.45) is 0. The van der Waals surface area contributed by atoms with Gasteiger partial charge >= 0.3 is 0 Å². The van der Waals surface area contributed by atoms with Crippen molar-refractivity contribution in [2.45, 2.75) is 19.4 Å². The van der Waals surface area contributed by atoms with Gasteiger partial charge in [-0.15, -0.1) is 0 Å². The summed E-state index contributed by atoms with van der Waals surface area (Å²) in [4.78, 5) is 25.1. The third kappa shape index (κ3) is 4.32. The standard InChI is InChI=1S/C19H23N3O6/c1-13-3-6-17(28-13)19(2,24)12-20-15-5-4-14(11-16(15)22(25)26)18(23)21-7-9-27-10-8-21/h3-6,11,20,24H,7-10,12H2,1-2H3. The molecular weight excluding hydrogens is 366 g/mol. The number of nitro benzene ring substituents is 1. The molecule has 0 saturated carbocycles. The van der Waals surface area contributed by atoms with Gasteiger partial charge < -0.3 is 24.5 Å². The minimum atomic E-state index is -1.36. The number of carbonyl (C=O) groups excluding carboxylic acids is 1. The summed E-state index contributed by atoms with van der Waals surface area (Å²) >= 11 is 0. The minimum Gasteiger partial charge on any atom is -0.463 e. The molecule has 1 aliphatic heterocycles. The Bertz CT molecular complexity index is 870. The van der Waals surface area contributed by atoms with Gasteiger partial charge in [0.05, 0.1) is 24.7 Å². The Morgan fingerprint density at radius 1 is 1.32 bits per heavy atom. The second kappa shape index (κ2) is 7.99. The van der Waals surface area contributed by atoms with Crippen LogP contribution in [-0.2, 0) is 10.3 Å². The van der Waals surface area contributed by atoms with Gasteiger partial charge in [0.1, 0.15) is 22.8 Å². The van der Waals surface area contributed by atoms with E-state index in [0.29, 0.717) is 37.8 Å². The molecule has 1 saturated heterocycles. The van der Waals surface area contributed by atoms with Crippen molar-refractivity contribution in [3.63, 3.8) is 0 Å². The molecule has 2 N–H and O–H groups in total. The zero-order valence-electron chi connectivity index (χ0n) is 15.8. The second-order valence-corrected chi connectivity index (χ2v) is 6.93. The second-order valence-electron chi connectivity index (χ2n) is 6.93. The highest BCUT2D eigenvalue weighted by Crippen LogP contribution is 2.29. The van der Waals surface area contributed by atoms with Crippen LogP contribution in [0.5, 0.6) is 0 Å². The summed E-state index contributed by atoms with van der Waals surface area (Å²) in [6.45, 7) is 5.14. The van der Waals surface area contributed by atoms with Crippen LogP contribution in [0.2, 0.25) is 0 Å². The molecule has 1 amide bonds. The van der Waals surface area contributed by atoms with Gasteiger partial charge in [0.2, 0.25) is 0 Å². The Morgan fingerprint density at radius 2 is 2.04 bits per heavy atom. The number of morpholine rings is 1. The highest BCUT2D eigenvalue weighted by atomic mass is 16.6. The maximum atomic E-state index is 12.6. The molecule has 1 atom stereocenters. The van der Waals surface area contributed by atoms with Gasteiger partial charge in [0, 0.05) is 24.7 Å². The molecule has 1 aliphatic rings. The van der Waals surface area contributed by atoms with Crippen LogP contribution in [0.4, 0.5) is 11.4 Å². The number of nitrogens with zero attached hydrogens (tertiary/aromatic N) is 2. The number of benzene rings is 1. The number of rotatable bonds is 6. The first-order valence-corrected chi connectivity index (χ1v) is 8.96. The number of aryl methyl sites for hydroxylation is 1. The van der Waals surface area contributed by atoms with E-state index >= 15 is 0 Å². The van der Waals surface area contributed by atoms with Crippen LogP contribution in [-0.4, -0.2) is 53.7 Å². The Morgan fingerprint density at radius 3 is 2.64 bits per heavy atom. The first-order valence-electron chi connectivity index (χ1n) is 8.96. The molecule has 1 fully saturated rings. The number of hydrogen-bond donors (Lipinski definition) is 2. The first-order chi connectivity index (χ1) is 13.3. The van der Waals surface area contributed by atoms with Crippen LogP contribution in [0.3, 0.4) is 0 Å². The third-order valence-electron chi connectivity index (χ3n) is 4.63. The van der Waals surface area contributed by atoms with Crippen molar-refractivity contribution in [1.82, 2.24) is 4.90 Å². The molecule has 28 heavy (non-hydrogen) atoms. The fourth-order valence-electron chi connectivity index (χ4n) is 2.99. The molecule has 2 aromatic rings. The fourth-order valence-corrected chi connectivity index (χ4v) is 2.99. The van der Waals surface area contributed by atoms with E-state index in [1.165, 1.54) is 12.1 Å². The minimum absolute atomic E-state index is 0.00243. The van der Waals surface area contributed by atoms with E-state index in [-0.39, 0.29) is 29.4 Å².